The number of anilines is 1. The molecule has 2 fully saturated rings. The van der Waals surface area contributed by atoms with E-state index in [1.165, 1.54) is 29.5 Å². The van der Waals surface area contributed by atoms with Crippen LogP contribution < -0.4 is 5.32 Å². The van der Waals surface area contributed by atoms with Crippen LogP contribution in [0.3, 0.4) is 0 Å². The normalized spacial score (nSPS) is 16.1. The summed E-state index contributed by atoms with van der Waals surface area (Å²) in [6, 6.07) is 13.8. The van der Waals surface area contributed by atoms with Crippen LogP contribution in [-0.2, 0) is 11.3 Å². The topological polar surface area (TPSA) is 58.1 Å². The third kappa shape index (κ3) is 3.69. The molecule has 5 heteroatoms. The standard InChI is InChI=1S/C24H26N4O/c1-15-18(13-28(16(2)29)20-9-10-20)4-3-5-21(15)17-6-11-23-22(12-17)24(26-14-25-23)27-19-7-8-19/h3-6,11-12,14,19-20H,7-10,13H2,1-2H3,(H,25,26,27). The van der Waals surface area contributed by atoms with E-state index in [0.29, 0.717) is 18.6 Å². The monoisotopic (exact) mass is 386 g/mol. The fourth-order valence-electron chi connectivity index (χ4n) is 3.99. The lowest BCUT2D eigenvalue weighted by Crippen LogP contribution is -2.30. The van der Waals surface area contributed by atoms with Gasteiger partial charge in [0.25, 0.3) is 0 Å². The lowest BCUT2D eigenvalue weighted by Gasteiger charge is -2.22. The first kappa shape index (κ1) is 18.1. The van der Waals surface area contributed by atoms with E-state index >= 15 is 0 Å². The van der Waals surface area contributed by atoms with E-state index in [2.05, 4.69) is 58.6 Å². The van der Waals surface area contributed by atoms with Crippen molar-refractivity contribution in [2.45, 2.75) is 58.2 Å². The molecule has 1 amide bonds. The van der Waals surface area contributed by atoms with Gasteiger partial charge in [0.2, 0.25) is 5.91 Å². The van der Waals surface area contributed by atoms with Crippen LogP contribution in [0.15, 0.2) is 42.7 Å². The van der Waals surface area contributed by atoms with Gasteiger partial charge < -0.3 is 10.2 Å². The first-order valence-corrected chi connectivity index (χ1v) is 10.5. The average molecular weight is 386 g/mol. The molecular formula is C24H26N4O. The Kier molecular flexibility index (Phi) is 4.46. The second-order valence-corrected chi connectivity index (χ2v) is 8.34. The molecule has 2 aliphatic rings. The summed E-state index contributed by atoms with van der Waals surface area (Å²) in [5, 5.41) is 4.59. The van der Waals surface area contributed by atoms with E-state index < -0.39 is 0 Å². The highest BCUT2D eigenvalue weighted by atomic mass is 16.2. The molecule has 0 bridgehead atoms. The number of hydrogen-bond donors (Lipinski definition) is 1. The van der Waals surface area contributed by atoms with Crippen molar-refractivity contribution in [3.63, 3.8) is 0 Å². The SMILES string of the molecule is CC(=O)N(Cc1cccc(-c2ccc3ncnc(NC4CC4)c3c2)c1C)C1CC1. The van der Waals surface area contributed by atoms with Crippen molar-refractivity contribution >= 4 is 22.6 Å². The molecule has 1 heterocycles. The summed E-state index contributed by atoms with van der Waals surface area (Å²) in [5.41, 5.74) is 5.76. The first-order valence-electron chi connectivity index (χ1n) is 10.5. The predicted octanol–water partition coefficient (Wildman–Crippen LogP) is 4.69. The van der Waals surface area contributed by atoms with E-state index in [9.17, 15) is 4.79 Å². The molecule has 5 rings (SSSR count). The number of amides is 1. The summed E-state index contributed by atoms with van der Waals surface area (Å²) in [5.74, 6) is 1.08. The number of carbonyl (C=O) groups is 1. The summed E-state index contributed by atoms with van der Waals surface area (Å²) in [4.78, 5) is 23.0. The van der Waals surface area contributed by atoms with E-state index in [4.69, 9.17) is 0 Å². The van der Waals surface area contributed by atoms with Crippen molar-refractivity contribution in [2.75, 3.05) is 5.32 Å². The fourth-order valence-corrected chi connectivity index (χ4v) is 3.99. The van der Waals surface area contributed by atoms with Crippen LogP contribution in [0, 0.1) is 6.92 Å². The van der Waals surface area contributed by atoms with Gasteiger partial charge in [-0.15, -0.1) is 0 Å². The Morgan fingerprint density at radius 3 is 2.69 bits per heavy atom. The quantitative estimate of drug-likeness (QED) is 0.668. The van der Waals surface area contributed by atoms with Gasteiger partial charge in [0.1, 0.15) is 12.1 Å². The second kappa shape index (κ2) is 7.14. The van der Waals surface area contributed by atoms with Crippen molar-refractivity contribution in [2.24, 2.45) is 0 Å². The van der Waals surface area contributed by atoms with Crippen molar-refractivity contribution < 1.29 is 4.79 Å². The van der Waals surface area contributed by atoms with Gasteiger partial charge in [-0.05, 0) is 67.0 Å². The Hall–Kier alpha value is -2.95. The van der Waals surface area contributed by atoms with Crippen molar-refractivity contribution in [3.8, 4) is 11.1 Å². The van der Waals surface area contributed by atoms with Gasteiger partial charge in [0.15, 0.2) is 0 Å². The van der Waals surface area contributed by atoms with Crippen LogP contribution in [0.5, 0.6) is 0 Å². The third-order valence-electron chi connectivity index (χ3n) is 6.04. The number of nitrogens with one attached hydrogen (secondary N) is 1. The Morgan fingerprint density at radius 2 is 1.97 bits per heavy atom. The maximum absolute atomic E-state index is 12.1. The molecule has 29 heavy (non-hydrogen) atoms. The minimum absolute atomic E-state index is 0.163. The van der Waals surface area contributed by atoms with Gasteiger partial charge in [-0.1, -0.05) is 24.3 Å². The molecule has 2 aliphatic carbocycles. The summed E-state index contributed by atoms with van der Waals surface area (Å²) < 4.78 is 0. The zero-order valence-electron chi connectivity index (χ0n) is 17.0. The highest BCUT2D eigenvalue weighted by molar-refractivity contribution is 5.93. The molecule has 0 atom stereocenters. The fraction of sp³-hybridized carbons (Fsp3) is 0.375. The molecule has 5 nitrogen and oxygen atoms in total. The van der Waals surface area contributed by atoms with Crippen LogP contribution in [0.25, 0.3) is 22.0 Å². The number of benzene rings is 2. The van der Waals surface area contributed by atoms with Crippen LogP contribution in [0.4, 0.5) is 5.82 Å². The molecular weight excluding hydrogens is 360 g/mol. The Bertz CT molecular complexity index is 1090. The van der Waals surface area contributed by atoms with Crippen molar-refractivity contribution in [3.05, 3.63) is 53.9 Å². The first-order chi connectivity index (χ1) is 14.1. The third-order valence-corrected chi connectivity index (χ3v) is 6.04. The second-order valence-electron chi connectivity index (χ2n) is 8.34. The Labute approximate surface area is 171 Å². The van der Waals surface area contributed by atoms with Crippen LogP contribution in [0.1, 0.15) is 43.7 Å². The lowest BCUT2D eigenvalue weighted by atomic mass is 9.95. The number of nitrogens with zero attached hydrogens (tertiary/aromatic N) is 3. The van der Waals surface area contributed by atoms with Gasteiger partial charge in [-0.2, -0.15) is 0 Å². The minimum atomic E-state index is 0.163. The number of carbonyl (C=O) groups excluding carboxylic acids is 1. The summed E-state index contributed by atoms with van der Waals surface area (Å²) in [6.07, 6.45) is 6.30. The van der Waals surface area contributed by atoms with Crippen LogP contribution in [0.2, 0.25) is 0 Å². The maximum Gasteiger partial charge on any atom is 0.219 e. The summed E-state index contributed by atoms with van der Waals surface area (Å²) in [6.45, 7) is 4.52. The molecule has 1 N–H and O–H groups in total. The molecule has 2 saturated carbocycles. The smallest absolute Gasteiger partial charge is 0.219 e. The largest absolute Gasteiger partial charge is 0.367 e. The minimum Gasteiger partial charge on any atom is -0.367 e. The van der Waals surface area contributed by atoms with E-state index in [0.717, 1.165) is 35.1 Å². The van der Waals surface area contributed by atoms with Gasteiger partial charge in [0, 0.05) is 30.9 Å². The number of aromatic nitrogens is 2. The summed E-state index contributed by atoms with van der Waals surface area (Å²) in [7, 11) is 0. The highest BCUT2D eigenvalue weighted by Crippen LogP contribution is 2.34. The Morgan fingerprint density at radius 1 is 1.14 bits per heavy atom. The van der Waals surface area contributed by atoms with E-state index in [1.807, 2.05) is 4.90 Å². The highest BCUT2D eigenvalue weighted by Gasteiger charge is 2.31. The molecule has 0 unspecified atom stereocenters. The Balaban J connectivity index is 1.51. The van der Waals surface area contributed by atoms with E-state index in [-0.39, 0.29) is 5.91 Å². The molecule has 148 valence electrons. The molecule has 2 aromatic carbocycles. The molecule has 0 aliphatic heterocycles. The average Bonchev–Trinajstić information content (AvgIpc) is 3.62. The molecule has 0 radical (unpaired) electrons. The van der Waals surface area contributed by atoms with Crippen LogP contribution >= 0.6 is 0 Å². The molecule has 3 aromatic rings. The number of hydrogen-bond acceptors (Lipinski definition) is 4. The predicted molar refractivity (Wildman–Crippen MR) is 116 cm³/mol. The van der Waals surface area contributed by atoms with Gasteiger partial charge in [-0.3, -0.25) is 4.79 Å². The molecule has 0 saturated heterocycles. The van der Waals surface area contributed by atoms with Crippen LogP contribution in [-0.4, -0.2) is 32.9 Å². The zero-order chi connectivity index (χ0) is 20.0. The van der Waals surface area contributed by atoms with Crippen molar-refractivity contribution in [1.29, 1.82) is 0 Å². The lowest BCUT2D eigenvalue weighted by molar-refractivity contribution is -0.130. The number of rotatable bonds is 6. The van der Waals surface area contributed by atoms with Gasteiger partial charge >= 0.3 is 0 Å². The van der Waals surface area contributed by atoms with Gasteiger partial charge in [0.05, 0.1) is 5.52 Å². The van der Waals surface area contributed by atoms with E-state index in [1.54, 1.807) is 13.3 Å². The van der Waals surface area contributed by atoms with Gasteiger partial charge in [-0.25, -0.2) is 9.97 Å². The number of fused-ring (bicyclic) bond motifs is 1. The summed E-state index contributed by atoms with van der Waals surface area (Å²) >= 11 is 0. The molecule has 1 aromatic heterocycles. The molecule has 0 spiro atoms. The maximum atomic E-state index is 12.1. The van der Waals surface area contributed by atoms with Crippen molar-refractivity contribution in [1.82, 2.24) is 14.9 Å². The zero-order valence-corrected chi connectivity index (χ0v) is 17.0.